The Labute approximate surface area is 349 Å². The van der Waals surface area contributed by atoms with Gasteiger partial charge in [0.05, 0.1) is 15.6 Å². The lowest BCUT2D eigenvalue weighted by molar-refractivity contribution is 0.668. The number of aromatic nitrogens is 1. The molecule has 0 spiro atoms. The molecule has 0 atom stereocenters. The van der Waals surface area contributed by atoms with E-state index in [1.54, 1.807) is 11.3 Å². The molecule has 0 radical (unpaired) electrons. The van der Waals surface area contributed by atoms with E-state index in [0.29, 0.717) is 0 Å². The first-order chi connectivity index (χ1) is 29.7. The minimum absolute atomic E-state index is 0.852. The number of benzene rings is 9. The summed E-state index contributed by atoms with van der Waals surface area (Å²) in [5.41, 5.74) is 15.7. The summed E-state index contributed by atoms with van der Waals surface area (Å²) >= 11 is 1.72. The summed E-state index contributed by atoms with van der Waals surface area (Å²) in [6, 6.07) is 72.8. The standard InChI is InChI=1S/C55H34N2O2S/c1-3-10-35(11-4-1)36-18-25-41(26-19-36)57(43-29-22-38(23-30-43)44-15-9-17-49-52(44)45-14-7-8-16-47(45)58-49)42-27-20-37(21-28-42)40-24-31-48-46(34-40)53-50(59-48)32-33-51-54(53)56-55(60-51)39-12-5-2-6-13-39/h1-34H. The molecule has 60 heavy (non-hydrogen) atoms. The topological polar surface area (TPSA) is 42.4 Å². The average molecular weight is 787 g/mol. The highest BCUT2D eigenvalue weighted by molar-refractivity contribution is 7.21. The van der Waals surface area contributed by atoms with Gasteiger partial charge < -0.3 is 13.7 Å². The lowest BCUT2D eigenvalue weighted by Gasteiger charge is -2.26. The van der Waals surface area contributed by atoms with Gasteiger partial charge >= 0.3 is 0 Å². The van der Waals surface area contributed by atoms with Crippen molar-refractivity contribution < 1.29 is 8.83 Å². The summed E-state index contributed by atoms with van der Waals surface area (Å²) in [6.45, 7) is 0. The van der Waals surface area contributed by atoms with Crippen LogP contribution in [0.25, 0.3) is 98.0 Å². The number of rotatable bonds is 7. The van der Waals surface area contributed by atoms with Crippen LogP contribution in [0.1, 0.15) is 0 Å². The third-order valence-electron chi connectivity index (χ3n) is 11.5. The summed E-state index contributed by atoms with van der Waals surface area (Å²) in [6.07, 6.45) is 0. The lowest BCUT2D eigenvalue weighted by Crippen LogP contribution is -2.09. The van der Waals surface area contributed by atoms with E-state index < -0.39 is 0 Å². The van der Waals surface area contributed by atoms with Crippen molar-refractivity contribution in [3.8, 4) is 44.0 Å². The fraction of sp³-hybridized carbons (Fsp3) is 0. The molecular weight excluding hydrogens is 753 g/mol. The van der Waals surface area contributed by atoms with Gasteiger partial charge in [-0.2, -0.15) is 0 Å². The Balaban J connectivity index is 0.930. The summed E-state index contributed by atoms with van der Waals surface area (Å²) < 4.78 is 13.8. The maximum Gasteiger partial charge on any atom is 0.137 e. The average Bonchev–Trinajstić information content (AvgIpc) is 4.04. The first-order valence-corrected chi connectivity index (χ1v) is 20.9. The number of thiazole rings is 1. The van der Waals surface area contributed by atoms with Crippen molar-refractivity contribution in [2.24, 2.45) is 0 Å². The Morgan fingerprint density at radius 1 is 0.367 bits per heavy atom. The molecule has 0 aliphatic rings. The molecule has 282 valence electrons. The molecule has 0 saturated carbocycles. The lowest BCUT2D eigenvalue weighted by atomic mass is 9.99. The highest BCUT2D eigenvalue weighted by Crippen LogP contribution is 2.43. The van der Waals surface area contributed by atoms with E-state index in [2.05, 4.69) is 187 Å². The first-order valence-electron chi connectivity index (χ1n) is 20.1. The highest BCUT2D eigenvalue weighted by atomic mass is 32.1. The largest absolute Gasteiger partial charge is 0.456 e. The van der Waals surface area contributed by atoms with Gasteiger partial charge in [0.2, 0.25) is 0 Å². The van der Waals surface area contributed by atoms with E-state index in [4.69, 9.17) is 13.8 Å². The van der Waals surface area contributed by atoms with Crippen LogP contribution in [-0.2, 0) is 0 Å². The normalized spacial score (nSPS) is 11.7. The second kappa shape index (κ2) is 14.0. The van der Waals surface area contributed by atoms with E-state index >= 15 is 0 Å². The van der Waals surface area contributed by atoms with Gasteiger partial charge in [0.25, 0.3) is 0 Å². The molecule has 3 heterocycles. The molecule has 0 unspecified atom stereocenters. The second-order valence-electron chi connectivity index (χ2n) is 15.1. The SMILES string of the molecule is c1ccc(-c2ccc(N(c3ccc(-c4ccc5oc6ccc7sc(-c8ccccc8)nc7c6c5c4)cc3)c3ccc(-c4cccc5oc6ccccc6c45)cc3)cc2)cc1. The highest BCUT2D eigenvalue weighted by Gasteiger charge is 2.18. The van der Waals surface area contributed by atoms with Crippen molar-refractivity contribution in [1.29, 1.82) is 0 Å². The summed E-state index contributed by atoms with van der Waals surface area (Å²) in [7, 11) is 0. The number of nitrogens with zero attached hydrogens (tertiary/aromatic N) is 2. The van der Waals surface area contributed by atoms with Crippen LogP contribution in [0, 0.1) is 0 Å². The van der Waals surface area contributed by atoms with Crippen LogP contribution >= 0.6 is 11.3 Å². The predicted octanol–water partition coefficient (Wildman–Crippen LogP) is 16.2. The number of hydrogen-bond acceptors (Lipinski definition) is 5. The summed E-state index contributed by atoms with van der Waals surface area (Å²) in [4.78, 5) is 7.47. The van der Waals surface area contributed by atoms with E-state index in [-0.39, 0.29) is 0 Å². The van der Waals surface area contributed by atoms with Gasteiger partial charge in [-0.1, -0.05) is 133 Å². The molecule has 0 amide bonds. The second-order valence-corrected chi connectivity index (χ2v) is 16.1. The minimum Gasteiger partial charge on any atom is -0.456 e. The number of fused-ring (bicyclic) bond motifs is 8. The smallest absolute Gasteiger partial charge is 0.137 e. The quantitative estimate of drug-likeness (QED) is 0.161. The number of hydrogen-bond donors (Lipinski definition) is 0. The monoisotopic (exact) mass is 786 g/mol. The van der Waals surface area contributed by atoms with Crippen LogP contribution < -0.4 is 4.90 Å². The molecule has 12 rings (SSSR count). The molecule has 5 heteroatoms. The molecule has 12 aromatic rings. The van der Waals surface area contributed by atoms with Gasteiger partial charge in [0.15, 0.2) is 0 Å². The Morgan fingerprint density at radius 3 is 1.58 bits per heavy atom. The van der Waals surface area contributed by atoms with Crippen molar-refractivity contribution in [3.63, 3.8) is 0 Å². The maximum absolute atomic E-state index is 6.38. The van der Waals surface area contributed by atoms with Gasteiger partial charge in [-0.3, -0.25) is 0 Å². The number of para-hydroxylation sites is 1. The zero-order chi connectivity index (χ0) is 39.6. The van der Waals surface area contributed by atoms with Crippen molar-refractivity contribution in [3.05, 3.63) is 206 Å². The molecule has 0 bridgehead atoms. The van der Waals surface area contributed by atoms with Crippen LogP contribution in [0.5, 0.6) is 0 Å². The van der Waals surface area contributed by atoms with Gasteiger partial charge in [-0.15, -0.1) is 11.3 Å². The molecule has 3 aromatic heterocycles. The Morgan fingerprint density at radius 2 is 0.883 bits per heavy atom. The molecule has 9 aromatic carbocycles. The van der Waals surface area contributed by atoms with E-state index in [9.17, 15) is 0 Å². The molecular formula is C55H34N2O2S. The zero-order valence-corrected chi connectivity index (χ0v) is 33.1. The molecule has 4 nitrogen and oxygen atoms in total. The maximum atomic E-state index is 6.38. The Bertz CT molecular complexity index is 3510. The fourth-order valence-corrected chi connectivity index (χ4v) is 9.61. The fourth-order valence-electron chi connectivity index (χ4n) is 8.63. The Hall–Kier alpha value is -7.73. The Kier molecular flexibility index (Phi) is 8.00. The molecule has 0 aliphatic carbocycles. The minimum atomic E-state index is 0.852. The van der Waals surface area contributed by atoms with Crippen molar-refractivity contribution in [2.45, 2.75) is 0 Å². The van der Waals surface area contributed by atoms with Crippen LogP contribution in [-0.4, -0.2) is 4.98 Å². The van der Waals surface area contributed by atoms with E-state index in [0.717, 1.165) is 104 Å². The van der Waals surface area contributed by atoms with Crippen LogP contribution in [0.15, 0.2) is 215 Å². The molecule has 0 N–H and O–H groups in total. The van der Waals surface area contributed by atoms with Gasteiger partial charge in [0.1, 0.15) is 27.3 Å². The third-order valence-corrected chi connectivity index (χ3v) is 12.6. The number of anilines is 3. The first kappa shape index (κ1) is 34.3. The predicted molar refractivity (Wildman–Crippen MR) is 251 cm³/mol. The van der Waals surface area contributed by atoms with Crippen molar-refractivity contribution >= 4 is 82.5 Å². The van der Waals surface area contributed by atoms with Crippen LogP contribution in [0.4, 0.5) is 17.1 Å². The number of furan rings is 2. The van der Waals surface area contributed by atoms with Crippen LogP contribution in [0.2, 0.25) is 0 Å². The molecule has 0 aliphatic heterocycles. The van der Waals surface area contributed by atoms with Crippen LogP contribution in [0.3, 0.4) is 0 Å². The summed E-state index contributed by atoms with van der Waals surface area (Å²) in [5, 5.41) is 5.41. The van der Waals surface area contributed by atoms with Gasteiger partial charge in [-0.05, 0) is 106 Å². The van der Waals surface area contributed by atoms with Crippen molar-refractivity contribution in [2.75, 3.05) is 4.90 Å². The van der Waals surface area contributed by atoms with E-state index in [1.165, 1.54) is 11.1 Å². The van der Waals surface area contributed by atoms with E-state index in [1.807, 2.05) is 24.3 Å². The summed E-state index contributed by atoms with van der Waals surface area (Å²) in [5.74, 6) is 0. The molecule has 0 fully saturated rings. The molecule has 0 saturated heterocycles. The van der Waals surface area contributed by atoms with Gasteiger partial charge in [-0.25, -0.2) is 4.98 Å². The third kappa shape index (κ3) is 5.78. The van der Waals surface area contributed by atoms with Gasteiger partial charge in [0, 0.05) is 38.8 Å². The zero-order valence-electron chi connectivity index (χ0n) is 32.2. The van der Waals surface area contributed by atoms with Crippen molar-refractivity contribution in [1.82, 2.24) is 4.98 Å².